The largest absolute Gasteiger partial charge is 0.497 e. The quantitative estimate of drug-likeness (QED) is 0.399. The van der Waals surface area contributed by atoms with Crippen LogP contribution in [0, 0.1) is 18.3 Å². The molecule has 2 aliphatic rings. The van der Waals surface area contributed by atoms with E-state index < -0.39 is 0 Å². The van der Waals surface area contributed by atoms with Gasteiger partial charge in [-0.25, -0.2) is 0 Å². The third-order valence-corrected chi connectivity index (χ3v) is 6.39. The van der Waals surface area contributed by atoms with Crippen LogP contribution in [0.15, 0.2) is 95.1 Å². The van der Waals surface area contributed by atoms with Gasteiger partial charge in [-0.05, 0) is 55.2 Å². The Morgan fingerprint density at radius 2 is 1.80 bits per heavy atom. The molecule has 0 radical (unpaired) electrons. The van der Waals surface area contributed by atoms with Gasteiger partial charge in [0, 0.05) is 24.4 Å². The molecule has 6 heteroatoms. The molecule has 5 rings (SSSR count). The molecule has 2 aromatic carbocycles. The molecular weight excluding hydrogens is 438 g/mol. The predicted molar refractivity (Wildman–Crippen MR) is 134 cm³/mol. The molecule has 0 amide bonds. The molecule has 0 N–H and O–H groups in total. The van der Waals surface area contributed by atoms with Crippen LogP contribution >= 0.6 is 0 Å². The number of benzene rings is 2. The molecule has 1 atom stereocenters. The maximum Gasteiger partial charge on any atom is 0.218 e. The van der Waals surface area contributed by atoms with Crippen molar-refractivity contribution in [1.82, 2.24) is 4.57 Å². The van der Waals surface area contributed by atoms with E-state index in [2.05, 4.69) is 30.3 Å². The van der Waals surface area contributed by atoms with Crippen molar-refractivity contribution in [3.05, 3.63) is 107 Å². The first-order valence-electron chi connectivity index (χ1n) is 11.7. The Bertz CT molecular complexity index is 1330. The first-order chi connectivity index (χ1) is 17.2. The minimum Gasteiger partial charge on any atom is -0.497 e. The number of allylic oxidation sites excluding steroid dienone is 3. The molecule has 1 unspecified atom stereocenters. The topological polar surface area (TPSA) is 68.8 Å². The van der Waals surface area contributed by atoms with Gasteiger partial charge in [-0.2, -0.15) is 5.26 Å². The molecule has 3 aromatic rings. The maximum absolute atomic E-state index is 10.3. The van der Waals surface area contributed by atoms with E-state index in [1.165, 1.54) is 5.56 Å². The van der Waals surface area contributed by atoms with Gasteiger partial charge in [0.25, 0.3) is 0 Å². The van der Waals surface area contributed by atoms with Crippen LogP contribution in [-0.2, 0) is 16.2 Å². The number of aryl methyl sites for hydroxylation is 1. The minimum absolute atomic E-state index is 0.311. The summed E-state index contributed by atoms with van der Waals surface area (Å²) in [6, 6.07) is 22.3. The fraction of sp³-hybridized carbons (Fsp3) is 0.241. The van der Waals surface area contributed by atoms with Gasteiger partial charge in [-0.15, -0.1) is 0 Å². The Hall–Kier alpha value is -4.24. The lowest BCUT2D eigenvalue weighted by atomic mass is 9.77. The lowest BCUT2D eigenvalue weighted by Crippen LogP contribution is -2.26. The number of nitriles is 1. The van der Waals surface area contributed by atoms with Crippen LogP contribution in [0.4, 0.5) is 0 Å². The van der Waals surface area contributed by atoms with Gasteiger partial charge in [-0.1, -0.05) is 47.1 Å². The van der Waals surface area contributed by atoms with E-state index in [1.54, 1.807) is 7.11 Å². The number of ether oxygens (including phenoxy) is 2. The predicted octanol–water partition coefficient (Wildman–Crippen LogP) is 6.32. The van der Waals surface area contributed by atoms with Gasteiger partial charge in [0.1, 0.15) is 29.8 Å². The van der Waals surface area contributed by atoms with Crippen LogP contribution in [0.5, 0.6) is 5.75 Å². The van der Waals surface area contributed by atoms with Crippen molar-refractivity contribution in [3.8, 4) is 11.8 Å². The highest BCUT2D eigenvalue weighted by molar-refractivity contribution is 6.04. The molecule has 6 nitrogen and oxygen atoms in total. The molecule has 176 valence electrons. The summed E-state index contributed by atoms with van der Waals surface area (Å²) in [5.41, 5.74) is 5.55. The smallest absolute Gasteiger partial charge is 0.218 e. The number of rotatable bonds is 6. The van der Waals surface area contributed by atoms with Crippen LogP contribution in [0.25, 0.3) is 5.88 Å². The molecule has 2 heterocycles. The summed E-state index contributed by atoms with van der Waals surface area (Å²) in [5, 5.41) is 14.9. The zero-order chi connectivity index (χ0) is 24.2. The summed E-state index contributed by atoms with van der Waals surface area (Å²) in [4.78, 5) is 5.81. The number of nitrogens with zero attached hydrogens (tertiary/aromatic N) is 3. The van der Waals surface area contributed by atoms with Crippen molar-refractivity contribution in [2.24, 2.45) is 5.16 Å². The van der Waals surface area contributed by atoms with E-state index in [9.17, 15) is 5.26 Å². The lowest BCUT2D eigenvalue weighted by Gasteiger charge is -2.33. The molecule has 1 aromatic heterocycles. The first kappa shape index (κ1) is 22.5. The molecule has 0 saturated heterocycles. The van der Waals surface area contributed by atoms with Crippen LogP contribution in [0.3, 0.4) is 0 Å². The second kappa shape index (κ2) is 9.94. The van der Waals surface area contributed by atoms with Crippen LogP contribution < -0.4 is 4.74 Å². The molecule has 35 heavy (non-hydrogen) atoms. The Kier molecular flexibility index (Phi) is 6.40. The van der Waals surface area contributed by atoms with Crippen molar-refractivity contribution in [2.45, 2.75) is 38.7 Å². The average Bonchev–Trinajstić information content (AvgIpc) is 3.44. The lowest BCUT2D eigenvalue weighted by molar-refractivity contribution is 0.129. The normalized spacial score (nSPS) is 18.7. The SMILES string of the molecule is COc1ccc(C2C(C#N)=C(n3cccc3)OC3=C2/C(=N\OCc2ccc(C)cc2)CCC3)cc1. The van der Waals surface area contributed by atoms with Gasteiger partial charge in [0.15, 0.2) is 0 Å². The van der Waals surface area contributed by atoms with Gasteiger partial charge in [-0.3, -0.25) is 4.57 Å². The Morgan fingerprint density at radius 1 is 1.06 bits per heavy atom. The summed E-state index contributed by atoms with van der Waals surface area (Å²) in [6.45, 7) is 2.45. The van der Waals surface area contributed by atoms with Crippen LogP contribution in [0.1, 0.15) is 41.9 Å². The minimum atomic E-state index is -0.311. The van der Waals surface area contributed by atoms with Crippen molar-refractivity contribution < 1.29 is 14.3 Å². The molecule has 1 aliphatic carbocycles. The summed E-state index contributed by atoms with van der Waals surface area (Å²) >= 11 is 0. The number of methoxy groups -OCH3 is 1. The molecule has 0 saturated carbocycles. The van der Waals surface area contributed by atoms with Gasteiger partial charge < -0.3 is 14.3 Å². The number of hydrogen-bond acceptors (Lipinski definition) is 5. The number of hydrogen-bond donors (Lipinski definition) is 0. The highest BCUT2D eigenvalue weighted by atomic mass is 16.6. The summed E-state index contributed by atoms with van der Waals surface area (Å²) in [5.74, 6) is 1.84. The van der Waals surface area contributed by atoms with Gasteiger partial charge >= 0.3 is 0 Å². The van der Waals surface area contributed by atoms with Gasteiger partial charge in [0.2, 0.25) is 5.88 Å². The van der Waals surface area contributed by atoms with Crippen molar-refractivity contribution >= 4 is 11.6 Å². The van der Waals surface area contributed by atoms with Crippen LogP contribution in [0.2, 0.25) is 0 Å². The van der Waals surface area contributed by atoms with Gasteiger partial charge in [0.05, 0.1) is 18.7 Å². The molecular formula is C29H27N3O3. The van der Waals surface area contributed by atoms with E-state index in [0.29, 0.717) is 18.1 Å². The van der Waals surface area contributed by atoms with E-state index in [1.807, 2.05) is 65.5 Å². The first-order valence-corrected chi connectivity index (χ1v) is 11.7. The number of aromatic nitrogens is 1. The summed E-state index contributed by atoms with van der Waals surface area (Å²) in [6.07, 6.45) is 6.24. The Labute approximate surface area is 205 Å². The highest BCUT2D eigenvalue weighted by Crippen LogP contribution is 2.46. The fourth-order valence-electron chi connectivity index (χ4n) is 4.59. The second-order valence-electron chi connectivity index (χ2n) is 8.72. The van der Waals surface area contributed by atoms with Crippen molar-refractivity contribution in [2.75, 3.05) is 7.11 Å². The zero-order valence-electron chi connectivity index (χ0n) is 19.9. The van der Waals surface area contributed by atoms with E-state index >= 15 is 0 Å². The Morgan fingerprint density at radius 3 is 2.49 bits per heavy atom. The maximum atomic E-state index is 10.3. The van der Waals surface area contributed by atoms with Crippen molar-refractivity contribution in [1.29, 1.82) is 5.26 Å². The monoisotopic (exact) mass is 465 g/mol. The number of oxime groups is 1. The highest BCUT2D eigenvalue weighted by Gasteiger charge is 2.38. The molecule has 0 fully saturated rings. The summed E-state index contributed by atoms with van der Waals surface area (Å²) < 4.78 is 13.6. The third-order valence-electron chi connectivity index (χ3n) is 6.39. The molecule has 1 aliphatic heterocycles. The van der Waals surface area contributed by atoms with E-state index in [4.69, 9.17) is 14.3 Å². The van der Waals surface area contributed by atoms with E-state index in [0.717, 1.165) is 53.2 Å². The third kappa shape index (κ3) is 4.58. The van der Waals surface area contributed by atoms with E-state index in [-0.39, 0.29) is 5.92 Å². The molecule has 0 spiro atoms. The second-order valence-corrected chi connectivity index (χ2v) is 8.72. The standard InChI is InChI=1S/C29H27N3O3/c1-20-8-10-21(11-9-20)19-34-31-25-6-5-7-26-28(25)27(22-12-14-23(33-2)15-13-22)24(18-30)29(35-26)32-16-3-4-17-32/h3-4,8-17,27H,5-7,19H2,1-2H3/b31-25-. The molecule has 0 bridgehead atoms. The Balaban J connectivity index is 1.55. The average molecular weight is 466 g/mol. The van der Waals surface area contributed by atoms with Crippen LogP contribution in [-0.4, -0.2) is 17.4 Å². The zero-order valence-corrected chi connectivity index (χ0v) is 19.9. The fourth-order valence-corrected chi connectivity index (χ4v) is 4.59. The van der Waals surface area contributed by atoms with Crippen molar-refractivity contribution in [3.63, 3.8) is 0 Å². The summed E-state index contributed by atoms with van der Waals surface area (Å²) in [7, 11) is 1.64.